The van der Waals surface area contributed by atoms with Crippen LogP contribution in [0.3, 0.4) is 0 Å². The Morgan fingerprint density at radius 3 is 2.46 bits per heavy atom. The van der Waals surface area contributed by atoms with E-state index in [1.54, 1.807) is 11.1 Å². The Morgan fingerprint density at radius 1 is 1.17 bits per heavy atom. The van der Waals surface area contributed by atoms with Gasteiger partial charge in [-0.2, -0.15) is 18.2 Å². The highest BCUT2D eigenvalue weighted by Crippen LogP contribution is 2.36. The average molecular weight is 361 g/mol. The van der Waals surface area contributed by atoms with Crippen LogP contribution in [-0.4, -0.2) is 24.2 Å². The largest absolute Gasteiger partial charge is 0.493 e. The number of benzene rings is 1. The molecule has 9 heteroatoms. The molecule has 0 saturated carbocycles. The number of hydrogen-bond donors (Lipinski definition) is 1. The van der Waals surface area contributed by atoms with E-state index in [1.807, 2.05) is 0 Å². The summed E-state index contributed by atoms with van der Waals surface area (Å²) in [6.07, 6.45) is -1.95. The molecule has 0 bridgehead atoms. The summed E-state index contributed by atoms with van der Waals surface area (Å²) in [5.74, 6) is 0.699. The molecule has 2 aromatic rings. The lowest BCUT2D eigenvalue weighted by Crippen LogP contribution is -2.19. The van der Waals surface area contributed by atoms with Crippen molar-refractivity contribution in [2.75, 3.05) is 14.2 Å². The van der Waals surface area contributed by atoms with Crippen LogP contribution in [-0.2, 0) is 6.18 Å². The molecule has 0 fully saturated rings. The quantitative estimate of drug-likeness (QED) is 0.904. The van der Waals surface area contributed by atoms with Gasteiger partial charge in [-0.3, -0.25) is 0 Å². The Balaban J connectivity index is 2.40. The maximum absolute atomic E-state index is 12.7. The number of rotatable bonds is 4. The van der Waals surface area contributed by atoms with Crippen LogP contribution in [0.5, 0.6) is 11.5 Å². The minimum Gasteiger partial charge on any atom is -0.493 e. The van der Waals surface area contributed by atoms with Gasteiger partial charge in [0.2, 0.25) is 0 Å². The van der Waals surface area contributed by atoms with Crippen molar-refractivity contribution >= 4 is 23.8 Å². The monoisotopic (exact) mass is 360 g/mol. The predicted molar refractivity (Wildman–Crippen MR) is 83.3 cm³/mol. The van der Waals surface area contributed by atoms with Gasteiger partial charge in [0, 0.05) is 0 Å². The van der Waals surface area contributed by atoms with E-state index in [0.29, 0.717) is 17.1 Å². The molecular weight excluding hydrogens is 349 g/mol. The molecule has 1 aromatic carbocycles. The zero-order valence-electron chi connectivity index (χ0n) is 12.6. The molecule has 128 valence electrons. The fraction of sp³-hybridized carbons (Fsp3) is 0.200. The maximum Gasteiger partial charge on any atom is 0.431 e. The molecule has 5 nitrogen and oxygen atoms in total. The van der Waals surface area contributed by atoms with Crippen LogP contribution in [0, 0.1) is 0 Å². The van der Waals surface area contributed by atoms with Crippen molar-refractivity contribution in [3.63, 3.8) is 0 Å². The van der Waals surface area contributed by atoms with Gasteiger partial charge < -0.3 is 14.5 Å². The molecule has 0 aliphatic carbocycles. The van der Waals surface area contributed by atoms with Gasteiger partial charge in [0.1, 0.15) is 5.69 Å². The first-order valence-electron chi connectivity index (χ1n) is 6.52. The molecule has 0 unspecified atom stereocenters. The van der Waals surface area contributed by atoms with E-state index in [0.717, 1.165) is 6.07 Å². The summed E-state index contributed by atoms with van der Waals surface area (Å²) >= 11 is 6.05. The zero-order valence-corrected chi connectivity index (χ0v) is 13.3. The highest BCUT2D eigenvalue weighted by Gasteiger charge is 2.32. The molecule has 1 heterocycles. The number of alkyl halides is 3. The smallest absolute Gasteiger partial charge is 0.431 e. The second-order valence-corrected chi connectivity index (χ2v) is 5.00. The Hall–Kier alpha value is -2.48. The van der Waals surface area contributed by atoms with Crippen LogP contribution in [0.25, 0.3) is 12.2 Å². The Labute approximate surface area is 139 Å². The molecule has 0 spiro atoms. The van der Waals surface area contributed by atoms with Gasteiger partial charge in [-0.25, -0.2) is 4.79 Å². The lowest BCUT2D eigenvalue weighted by Gasteiger charge is -2.10. The number of hydrogen-bond acceptors (Lipinski definition) is 4. The molecule has 1 aromatic heterocycles. The number of methoxy groups -OCH3 is 2. The minimum absolute atomic E-state index is 0.142. The van der Waals surface area contributed by atoms with Crippen molar-refractivity contribution in [2.45, 2.75) is 6.18 Å². The van der Waals surface area contributed by atoms with E-state index < -0.39 is 17.6 Å². The third-order valence-electron chi connectivity index (χ3n) is 2.97. The summed E-state index contributed by atoms with van der Waals surface area (Å²) in [6, 6.07) is 3.86. The van der Waals surface area contributed by atoms with E-state index >= 15 is 0 Å². The summed E-state index contributed by atoms with van der Waals surface area (Å²) < 4.78 is 48.2. The number of nitrogens with zero attached hydrogens (tertiary/aromatic N) is 1. The number of H-pyrrole nitrogens is 1. The van der Waals surface area contributed by atoms with Gasteiger partial charge in [0.15, 0.2) is 11.5 Å². The second-order valence-electron chi connectivity index (χ2n) is 4.59. The van der Waals surface area contributed by atoms with Crippen molar-refractivity contribution in [2.24, 2.45) is 0 Å². The lowest BCUT2D eigenvalue weighted by atomic mass is 10.1. The molecule has 0 radical (unpaired) electrons. The summed E-state index contributed by atoms with van der Waals surface area (Å²) in [4.78, 5) is 16.4. The van der Waals surface area contributed by atoms with Crippen LogP contribution in [0.15, 0.2) is 23.0 Å². The lowest BCUT2D eigenvalue weighted by molar-refractivity contribution is -0.141. The molecule has 1 N–H and O–H groups in total. The predicted octanol–water partition coefficient (Wildman–Crippen LogP) is 3.63. The molecule has 0 aliphatic heterocycles. The standard InChI is InChI=1S/C15H12ClF3N2O3/c1-23-11-6-8(5-10(16)13(11)24-2)3-4-9-7-12(15(17,18)19)21-14(22)20-9/h3-7H,1-2H3,(H,20,21,22)/b4-3+. The highest BCUT2D eigenvalue weighted by molar-refractivity contribution is 6.32. The third kappa shape index (κ3) is 4.08. The van der Waals surface area contributed by atoms with Crippen molar-refractivity contribution in [1.29, 1.82) is 0 Å². The highest BCUT2D eigenvalue weighted by atomic mass is 35.5. The summed E-state index contributed by atoms with van der Waals surface area (Å²) in [7, 11) is 2.85. The second kappa shape index (κ2) is 6.96. The van der Waals surface area contributed by atoms with Crippen LogP contribution in [0.2, 0.25) is 5.02 Å². The van der Waals surface area contributed by atoms with E-state index in [4.69, 9.17) is 21.1 Å². The number of halogens is 4. The van der Waals surface area contributed by atoms with Gasteiger partial charge >= 0.3 is 11.9 Å². The number of aromatic nitrogens is 2. The summed E-state index contributed by atoms with van der Waals surface area (Å²) in [6.45, 7) is 0. The summed E-state index contributed by atoms with van der Waals surface area (Å²) in [5.41, 5.74) is -1.87. The minimum atomic E-state index is -4.67. The van der Waals surface area contributed by atoms with Crippen molar-refractivity contribution < 1.29 is 22.6 Å². The Bertz CT molecular complexity index is 832. The van der Waals surface area contributed by atoms with Crippen LogP contribution in [0.1, 0.15) is 17.0 Å². The fourth-order valence-electron chi connectivity index (χ4n) is 1.93. The SMILES string of the molecule is COc1cc(/C=C/c2cc(C(F)(F)F)[nH]c(=O)n2)cc(Cl)c1OC. The van der Waals surface area contributed by atoms with E-state index in [9.17, 15) is 18.0 Å². The number of nitrogens with one attached hydrogen (secondary N) is 1. The van der Waals surface area contributed by atoms with Crippen molar-refractivity contribution in [3.05, 3.63) is 50.7 Å². The van der Waals surface area contributed by atoms with E-state index in [-0.39, 0.29) is 10.7 Å². The normalized spacial score (nSPS) is 11.8. The zero-order chi connectivity index (χ0) is 17.9. The van der Waals surface area contributed by atoms with Crippen LogP contribution < -0.4 is 15.2 Å². The summed E-state index contributed by atoms with van der Waals surface area (Å²) in [5, 5.41) is 0.270. The molecular formula is C15H12ClF3N2O3. The Morgan fingerprint density at radius 2 is 1.88 bits per heavy atom. The molecule has 0 saturated heterocycles. The first kappa shape index (κ1) is 17.9. The average Bonchev–Trinajstić information content (AvgIpc) is 2.51. The van der Waals surface area contributed by atoms with Gasteiger partial charge in [-0.15, -0.1) is 0 Å². The fourth-order valence-corrected chi connectivity index (χ4v) is 2.23. The molecule has 0 amide bonds. The van der Waals surface area contributed by atoms with Crippen LogP contribution in [0.4, 0.5) is 13.2 Å². The van der Waals surface area contributed by atoms with Crippen molar-refractivity contribution in [1.82, 2.24) is 9.97 Å². The number of ether oxygens (including phenoxy) is 2. The molecule has 0 aliphatic rings. The maximum atomic E-state index is 12.7. The van der Waals surface area contributed by atoms with Crippen LogP contribution >= 0.6 is 11.6 Å². The van der Waals surface area contributed by atoms with E-state index in [1.165, 1.54) is 32.4 Å². The van der Waals surface area contributed by atoms with Gasteiger partial charge in [-0.05, 0) is 29.8 Å². The first-order valence-corrected chi connectivity index (χ1v) is 6.90. The van der Waals surface area contributed by atoms with Gasteiger partial charge in [-0.1, -0.05) is 17.7 Å². The molecule has 2 rings (SSSR count). The topological polar surface area (TPSA) is 64.2 Å². The number of aromatic amines is 1. The Kier molecular flexibility index (Phi) is 5.18. The molecule has 0 atom stereocenters. The van der Waals surface area contributed by atoms with Crippen molar-refractivity contribution in [3.8, 4) is 11.5 Å². The van der Waals surface area contributed by atoms with E-state index in [2.05, 4.69) is 4.98 Å². The van der Waals surface area contributed by atoms with Gasteiger partial charge in [0.05, 0.1) is 24.9 Å². The van der Waals surface area contributed by atoms with Gasteiger partial charge in [0.25, 0.3) is 0 Å². The first-order chi connectivity index (χ1) is 11.2. The third-order valence-corrected chi connectivity index (χ3v) is 3.25. The molecule has 24 heavy (non-hydrogen) atoms.